The zero-order valence-corrected chi connectivity index (χ0v) is 13.4. The molecule has 1 aliphatic rings. The van der Waals surface area contributed by atoms with Gasteiger partial charge in [-0.15, -0.1) is 0 Å². The van der Waals surface area contributed by atoms with Crippen molar-refractivity contribution < 1.29 is 0 Å². The molecule has 0 spiro atoms. The fraction of sp³-hybridized carbons (Fsp3) is 0.706. The normalized spacial score (nSPS) is 21.9. The lowest BCUT2D eigenvalue weighted by Crippen LogP contribution is -2.25. The Morgan fingerprint density at radius 3 is 2.60 bits per heavy atom. The van der Waals surface area contributed by atoms with Crippen molar-refractivity contribution in [2.75, 3.05) is 25.0 Å². The Labute approximate surface area is 123 Å². The van der Waals surface area contributed by atoms with Crippen LogP contribution in [0.3, 0.4) is 0 Å². The van der Waals surface area contributed by atoms with Crippen LogP contribution in [-0.4, -0.2) is 25.1 Å². The van der Waals surface area contributed by atoms with Gasteiger partial charge in [0.25, 0.3) is 0 Å². The van der Waals surface area contributed by atoms with Gasteiger partial charge in [-0.25, -0.2) is 0 Å². The molecule has 2 heterocycles. The van der Waals surface area contributed by atoms with Crippen LogP contribution < -0.4 is 10.2 Å². The Balaban J connectivity index is 2.01. The molecule has 0 radical (unpaired) electrons. The van der Waals surface area contributed by atoms with Crippen molar-refractivity contribution in [3.05, 3.63) is 24.0 Å². The first-order valence-electron chi connectivity index (χ1n) is 8.00. The lowest BCUT2D eigenvalue weighted by Gasteiger charge is -2.23. The van der Waals surface area contributed by atoms with E-state index in [4.69, 9.17) is 0 Å². The van der Waals surface area contributed by atoms with Gasteiger partial charge in [-0.05, 0) is 57.2 Å². The van der Waals surface area contributed by atoms with Gasteiger partial charge in [-0.1, -0.05) is 13.8 Å². The maximum atomic E-state index is 4.61. The summed E-state index contributed by atoms with van der Waals surface area (Å²) in [5.74, 6) is 1.70. The smallest absolute Gasteiger partial charge is 0.0571 e. The molecular formula is C17H29N3. The van der Waals surface area contributed by atoms with Crippen LogP contribution in [0.1, 0.15) is 51.8 Å². The van der Waals surface area contributed by atoms with Crippen LogP contribution in [0.5, 0.6) is 0 Å². The lowest BCUT2D eigenvalue weighted by molar-refractivity contribution is 0.351. The highest BCUT2D eigenvalue weighted by atomic mass is 15.1. The van der Waals surface area contributed by atoms with E-state index in [1.165, 1.54) is 38.0 Å². The third-order valence-corrected chi connectivity index (χ3v) is 4.73. The van der Waals surface area contributed by atoms with Gasteiger partial charge >= 0.3 is 0 Å². The lowest BCUT2D eigenvalue weighted by atomic mass is 9.89. The average molecular weight is 275 g/mol. The van der Waals surface area contributed by atoms with Crippen LogP contribution >= 0.6 is 0 Å². The largest absolute Gasteiger partial charge is 0.370 e. The van der Waals surface area contributed by atoms with Crippen LogP contribution in [-0.2, 0) is 0 Å². The van der Waals surface area contributed by atoms with E-state index in [1.54, 1.807) is 0 Å². The van der Waals surface area contributed by atoms with E-state index in [2.05, 4.69) is 48.1 Å². The third kappa shape index (κ3) is 3.72. The third-order valence-electron chi connectivity index (χ3n) is 4.73. The standard InChI is InChI=1S/C17H29N3/c1-13(2)15-6-5-10-20(11-9-15)16-7-8-17(19-12-16)14(3)18-4/h7-8,12-15,18H,5-6,9-11H2,1-4H3. The zero-order valence-electron chi connectivity index (χ0n) is 13.4. The summed E-state index contributed by atoms with van der Waals surface area (Å²) in [5.41, 5.74) is 2.40. The van der Waals surface area contributed by atoms with Gasteiger partial charge in [0.2, 0.25) is 0 Å². The topological polar surface area (TPSA) is 28.2 Å². The highest BCUT2D eigenvalue weighted by Gasteiger charge is 2.19. The monoisotopic (exact) mass is 275 g/mol. The molecule has 0 amide bonds. The summed E-state index contributed by atoms with van der Waals surface area (Å²) in [7, 11) is 1.97. The van der Waals surface area contributed by atoms with Crippen molar-refractivity contribution in [2.45, 2.75) is 46.1 Å². The second kappa shape index (κ2) is 7.07. The molecule has 0 bridgehead atoms. The maximum Gasteiger partial charge on any atom is 0.0571 e. The Kier molecular flexibility index (Phi) is 5.41. The molecule has 112 valence electrons. The van der Waals surface area contributed by atoms with Crippen LogP contribution in [0.25, 0.3) is 0 Å². The maximum absolute atomic E-state index is 4.61. The number of anilines is 1. The number of pyridine rings is 1. The number of rotatable bonds is 4. The summed E-state index contributed by atoms with van der Waals surface area (Å²) in [6.07, 6.45) is 6.03. The molecule has 0 saturated carbocycles. The van der Waals surface area contributed by atoms with Gasteiger partial charge in [-0.3, -0.25) is 4.98 Å². The molecule has 1 aliphatic heterocycles. The summed E-state index contributed by atoms with van der Waals surface area (Å²) in [6, 6.07) is 4.70. The van der Waals surface area contributed by atoms with E-state index < -0.39 is 0 Å². The fourth-order valence-corrected chi connectivity index (χ4v) is 3.04. The van der Waals surface area contributed by atoms with Gasteiger partial charge in [-0.2, -0.15) is 0 Å². The second-order valence-corrected chi connectivity index (χ2v) is 6.37. The summed E-state index contributed by atoms with van der Waals surface area (Å²) >= 11 is 0. The van der Waals surface area contributed by atoms with E-state index in [-0.39, 0.29) is 0 Å². The van der Waals surface area contributed by atoms with Crippen molar-refractivity contribution in [1.29, 1.82) is 0 Å². The predicted octanol–water partition coefficient (Wildman–Crippen LogP) is 3.62. The highest BCUT2D eigenvalue weighted by Crippen LogP contribution is 2.27. The summed E-state index contributed by atoms with van der Waals surface area (Å²) in [6.45, 7) is 9.20. The number of nitrogens with one attached hydrogen (secondary N) is 1. The molecular weight excluding hydrogens is 246 g/mol. The van der Waals surface area contributed by atoms with Crippen molar-refractivity contribution >= 4 is 5.69 Å². The van der Waals surface area contributed by atoms with E-state index in [0.717, 1.165) is 17.5 Å². The molecule has 1 N–H and O–H groups in total. The molecule has 1 aromatic heterocycles. The first-order valence-corrected chi connectivity index (χ1v) is 8.00. The van der Waals surface area contributed by atoms with Crippen LogP contribution in [0.2, 0.25) is 0 Å². The Bertz CT molecular complexity index is 399. The van der Waals surface area contributed by atoms with Crippen LogP contribution in [0, 0.1) is 11.8 Å². The minimum atomic E-state index is 0.318. The summed E-state index contributed by atoms with van der Waals surface area (Å²) < 4.78 is 0. The van der Waals surface area contributed by atoms with Crippen LogP contribution in [0.4, 0.5) is 5.69 Å². The molecule has 2 rings (SSSR count). The van der Waals surface area contributed by atoms with E-state index in [1.807, 2.05) is 13.2 Å². The van der Waals surface area contributed by atoms with E-state index in [9.17, 15) is 0 Å². The van der Waals surface area contributed by atoms with E-state index >= 15 is 0 Å². The molecule has 1 aromatic rings. The molecule has 1 saturated heterocycles. The quantitative estimate of drug-likeness (QED) is 0.909. The average Bonchev–Trinajstić information content (AvgIpc) is 2.72. The molecule has 0 aromatic carbocycles. The highest BCUT2D eigenvalue weighted by molar-refractivity contribution is 5.44. The molecule has 2 atom stereocenters. The predicted molar refractivity (Wildman–Crippen MR) is 86.1 cm³/mol. The summed E-state index contributed by atoms with van der Waals surface area (Å²) in [4.78, 5) is 7.11. The molecule has 3 nitrogen and oxygen atoms in total. The number of hydrogen-bond donors (Lipinski definition) is 1. The van der Waals surface area contributed by atoms with Crippen LogP contribution in [0.15, 0.2) is 18.3 Å². The van der Waals surface area contributed by atoms with Gasteiger partial charge < -0.3 is 10.2 Å². The summed E-state index contributed by atoms with van der Waals surface area (Å²) in [5, 5.41) is 3.23. The van der Waals surface area contributed by atoms with Crippen molar-refractivity contribution in [3.8, 4) is 0 Å². The Morgan fingerprint density at radius 2 is 2.00 bits per heavy atom. The molecule has 1 fully saturated rings. The molecule has 3 heteroatoms. The Hall–Kier alpha value is -1.09. The first kappa shape index (κ1) is 15.3. The van der Waals surface area contributed by atoms with Gasteiger partial charge in [0.1, 0.15) is 0 Å². The number of aromatic nitrogens is 1. The minimum absolute atomic E-state index is 0.318. The molecule has 0 aliphatic carbocycles. The zero-order chi connectivity index (χ0) is 14.5. The Morgan fingerprint density at radius 1 is 1.20 bits per heavy atom. The second-order valence-electron chi connectivity index (χ2n) is 6.37. The number of nitrogens with zero attached hydrogens (tertiary/aromatic N) is 2. The van der Waals surface area contributed by atoms with Gasteiger partial charge in [0.15, 0.2) is 0 Å². The first-order chi connectivity index (χ1) is 9.61. The minimum Gasteiger partial charge on any atom is -0.370 e. The fourth-order valence-electron chi connectivity index (χ4n) is 3.04. The van der Waals surface area contributed by atoms with E-state index in [0.29, 0.717) is 6.04 Å². The SMILES string of the molecule is CNC(C)c1ccc(N2CCCC(C(C)C)CC2)cn1. The molecule has 20 heavy (non-hydrogen) atoms. The van der Waals surface area contributed by atoms with Crippen molar-refractivity contribution in [1.82, 2.24) is 10.3 Å². The van der Waals surface area contributed by atoms with Gasteiger partial charge in [0.05, 0.1) is 17.6 Å². The van der Waals surface area contributed by atoms with Gasteiger partial charge in [0, 0.05) is 19.1 Å². The number of hydrogen-bond acceptors (Lipinski definition) is 3. The molecule has 2 unspecified atom stereocenters. The van der Waals surface area contributed by atoms with Crippen molar-refractivity contribution in [2.24, 2.45) is 11.8 Å². The van der Waals surface area contributed by atoms with Crippen molar-refractivity contribution in [3.63, 3.8) is 0 Å².